The third kappa shape index (κ3) is 4.19. The fourth-order valence-electron chi connectivity index (χ4n) is 3.05. The van der Waals surface area contributed by atoms with Gasteiger partial charge in [0, 0.05) is 0 Å². The Bertz CT molecular complexity index is 1040. The van der Waals surface area contributed by atoms with Crippen molar-refractivity contribution in [2.45, 2.75) is 27.2 Å². The van der Waals surface area contributed by atoms with Crippen LogP contribution in [-0.2, 0) is 0 Å². The van der Waals surface area contributed by atoms with E-state index in [0.29, 0.717) is 35.3 Å². The number of imidazole rings is 1. The number of hydrogen-bond acceptors (Lipinski definition) is 5. The molecule has 0 atom stereocenters. The van der Waals surface area contributed by atoms with E-state index in [1.165, 1.54) is 5.56 Å². The summed E-state index contributed by atoms with van der Waals surface area (Å²) in [7, 11) is 3.16. The lowest BCUT2D eigenvalue weighted by Gasteiger charge is -2.15. The molecule has 150 valence electrons. The Labute approximate surface area is 170 Å². The largest absolute Gasteiger partial charge is 0.493 e. The molecule has 2 aromatic carbocycles. The van der Waals surface area contributed by atoms with Crippen LogP contribution < -0.4 is 14.2 Å². The summed E-state index contributed by atoms with van der Waals surface area (Å²) >= 11 is 0. The Morgan fingerprint density at radius 1 is 1.10 bits per heavy atom. The molecule has 0 amide bonds. The third-order valence-electron chi connectivity index (χ3n) is 4.72. The lowest BCUT2D eigenvalue weighted by Crippen LogP contribution is -2.01. The first-order chi connectivity index (χ1) is 14.0. The van der Waals surface area contributed by atoms with E-state index in [0.717, 1.165) is 28.6 Å². The number of fused-ring (bicyclic) bond motifs is 1. The van der Waals surface area contributed by atoms with Crippen molar-refractivity contribution in [1.29, 1.82) is 5.26 Å². The van der Waals surface area contributed by atoms with Gasteiger partial charge in [-0.05, 0) is 67.3 Å². The van der Waals surface area contributed by atoms with Crippen LogP contribution in [0.2, 0.25) is 0 Å². The predicted molar refractivity (Wildman–Crippen MR) is 114 cm³/mol. The van der Waals surface area contributed by atoms with Crippen LogP contribution in [0.1, 0.15) is 35.9 Å². The fraction of sp³-hybridized carbons (Fsp3) is 0.304. The standard InChI is InChI=1S/C23H25N3O3/c1-6-7-29-22-20(27-4)11-16(12-21(22)28-5)10-17(13-24)23-25-18-8-14(2)15(3)9-19(18)26-23/h8-12H,6-7H2,1-5H3,(H,25,26)/b17-10-. The SMILES string of the molecule is CCCOc1c(OC)cc(/C=C(/C#N)c2nc3cc(C)c(C)cc3[nH]2)cc1OC. The third-order valence-corrected chi connectivity index (χ3v) is 4.72. The molecule has 0 unspecified atom stereocenters. The lowest BCUT2D eigenvalue weighted by molar-refractivity contribution is 0.275. The first kappa shape index (κ1) is 20.3. The highest BCUT2D eigenvalue weighted by Crippen LogP contribution is 2.39. The van der Waals surface area contributed by atoms with E-state index in [1.807, 2.05) is 38.1 Å². The molecule has 29 heavy (non-hydrogen) atoms. The number of aryl methyl sites for hydroxylation is 2. The van der Waals surface area contributed by atoms with Crippen LogP contribution in [-0.4, -0.2) is 30.8 Å². The summed E-state index contributed by atoms with van der Waals surface area (Å²) in [5.41, 5.74) is 5.25. The van der Waals surface area contributed by atoms with Crippen molar-refractivity contribution < 1.29 is 14.2 Å². The molecule has 3 aromatic rings. The molecule has 0 spiro atoms. The molecule has 0 fully saturated rings. The van der Waals surface area contributed by atoms with Crippen molar-refractivity contribution in [3.8, 4) is 23.3 Å². The topological polar surface area (TPSA) is 80.2 Å². The molecule has 0 saturated carbocycles. The van der Waals surface area contributed by atoms with Gasteiger partial charge in [-0.25, -0.2) is 4.98 Å². The number of aromatic amines is 1. The van der Waals surface area contributed by atoms with Gasteiger partial charge in [-0.3, -0.25) is 0 Å². The highest BCUT2D eigenvalue weighted by molar-refractivity contribution is 5.91. The van der Waals surface area contributed by atoms with E-state index in [4.69, 9.17) is 14.2 Å². The van der Waals surface area contributed by atoms with Gasteiger partial charge in [0.05, 0.1) is 37.4 Å². The number of benzene rings is 2. The average molecular weight is 391 g/mol. The molecule has 0 radical (unpaired) electrons. The second-order valence-electron chi connectivity index (χ2n) is 6.81. The van der Waals surface area contributed by atoms with Crippen LogP contribution in [0.25, 0.3) is 22.7 Å². The van der Waals surface area contributed by atoms with Crippen molar-refractivity contribution in [2.24, 2.45) is 0 Å². The van der Waals surface area contributed by atoms with E-state index in [1.54, 1.807) is 20.3 Å². The number of methoxy groups -OCH3 is 2. The molecule has 0 aliphatic carbocycles. The van der Waals surface area contributed by atoms with Gasteiger partial charge in [0.2, 0.25) is 5.75 Å². The molecule has 1 aromatic heterocycles. The van der Waals surface area contributed by atoms with E-state index in [-0.39, 0.29) is 0 Å². The van der Waals surface area contributed by atoms with Crippen LogP contribution in [0.3, 0.4) is 0 Å². The van der Waals surface area contributed by atoms with Gasteiger partial charge >= 0.3 is 0 Å². The second kappa shape index (κ2) is 8.70. The van der Waals surface area contributed by atoms with Crippen LogP contribution in [0.15, 0.2) is 24.3 Å². The Hall–Kier alpha value is -3.46. The first-order valence-electron chi connectivity index (χ1n) is 9.48. The van der Waals surface area contributed by atoms with Gasteiger partial charge in [0.25, 0.3) is 0 Å². The number of rotatable bonds is 7. The van der Waals surface area contributed by atoms with Crippen molar-refractivity contribution >= 4 is 22.7 Å². The molecular formula is C23H25N3O3. The van der Waals surface area contributed by atoms with Gasteiger partial charge in [0.15, 0.2) is 11.5 Å². The lowest BCUT2D eigenvalue weighted by atomic mass is 10.1. The number of H-pyrrole nitrogens is 1. The van der Waals surface area contributed by atoms with Crippen LogP contribution in [0, 0.1) is 25.2 Å². The number of ether oxygens (including phenoxy) is 3. The molecule has 0 aliphatic heterocycles. The molecule has 0 bridgehead atoms. The maximum Gasteiger partial charge on any atom is 0.203 e. The number of hydrogen-bond donors (Lipinski definition) is 1. The summed E-state index contributed by atoms with van der Waals surface area (Å²) < 4.78 is 16.7. The van der Waals surface area contributed by atoms with Gasteiger partial charge in [-0.15, -0.1) is 0 Å². The zero-order valence-corrected chi connectivity index (χ0v) is 17.4. The summed E-state index contributed by atoms with van der Waals surface area (Å²) in [5.74, 6) is 2.19. The maximum absolute atomic E-state index is 9.73. The van der Waals surface area contributed by atoms with Crippen molar-refractivity contribution in [1.82, 2.24) is 9.97 Å². The minimum Gasteiger partial charge on any atom is -0.493 e. The number of allylic oxidation sites excluding steroid dienone is 1. The first-order valence-corrected chi connectivity index (χ1v) is 9.48. The highest BCUT2D eigenvalue weighted by atomic mass is 16.5. The van der Waals surface area contributed by atoms with Gasteiger partial charge in [-0.1, -0.05) is 6.92 Å². The molecule has 1 N–H and O–H groups in total. The number of nitrogens with one attached hydrogen (secondary N) is 1. The summed E-state index contributed by atoms with van der Waals surface area (Å²) in [5, 5.41) is 9.73. The zero-order valence-electron chi connectivity index (χ0n) is 17.4. The molecule has 6 heteroatoms. The van der Waals surface area contributed by atoms with Crippen LogP contribution in [0.4, 0.5) is 0 Å². The summed E-state index contributed by atoms with van der Waals surface area (Å²) in [6.45, 7) is 6.69. The Morgan fingerprint density at radius 2 is 1.76 bits per heavy atom. The predicted octanol–water partition coefficient (Wildman–Crippen LogP) is 5.05. The minimum absolute atomic E-state index is 0.419. The molecule has 3 rings (SSSR count). The highest BCUT2D eigenvalue weighted by Gasteiger charge is 2.15. The number of aromatic nitrogens is 2. The Kier molecular flexibility index (Phi) is 6.08. The quantitative estimate of drug-likeness (QED) is 0.570. The minimum atomic E-state index is 0.419. The smallest absolute Gasteiger partial charge is 0.203 e. The van der Waals surface area contributed by atoms with Gasteiger partial charge in [-0.2, -0.15) is 5.26 Å². The molecule has 0 saturated heterocycles. The zero-order chi connectivity index (χ0) is 21.0. The monoisotopic (exact) mass is 391 g/mol. The fourth-order valence-corrected chi connectivity index (χ4v) is 3.05. The average Bonchev–Trinajstić information content (AvgIpc) is 3.12. The molecular weight excluding hydrogens is 366 g/mol. The summed E-state index contributed by atoms with van der Waals surface area (Å²) in [6.07, 6.45) is 2.63. The van der Waals surface area contributed by atoms with Crippen molar-refractivity contribution in [2.75, 3.05) is 20.8 Å². The van der Waals surface area contributed by atoms with Crippen molar-refractivity contribution in [3.05, 3.63) is 46.8 Å². The Morgan fingerprint density at radius 3 is 2.34 bits per heavy atom. The molecule has 1 heterocycles. The van der Waals surface area contributed by atoms with E-state index < -0.39 is 0 Å². The van der Waals surface area contributed by atoms with Crippen LogP contribution >= 0.6 is 0 Å². The summed E-state index contributed by atoms with van der Waals surface area (Å²) in [6, 6.07) is 9.94. The van der Waals surface area contributed by atoms with Gasteiger partial charge in [0.1, 0.15) is 11.9 Å². The maximum atomic E-state index is 9.73. The Balaban J connectivity index is 2.06. The molecule has 0 aliphatic rings. The van der Waals surface area contributed by atoms with E-state index in [9.17, 15) is 5.26 Å². The number of nitriles is 1. The van der Waals surface area contributed by atoms with Crippen molar-refractivity contribution in [3.63, 3.8) is 0 Å². The van der Waals surface area contributed by atoms with Crippen LogP contribution in [0.5, 0.6) is 17.2 Å². The van der Waals surface area contributed by atoms with E-state index in [2.05, 4.69) is 23.0 Å². The van der Waals surface area contributed by atoms with E-state index >= 15 is 0 Å². The normalized spacial score (nSPS) is 11.4. The van der Waals surface area contributed by atoms with Gasteiger partial charge < -0.3 is 19.2 Å². The molecule has 6 nitrogen and oxygen atoms in total. The summed E-state index contributed by atoms with van der Waals surface area (Å²) in [4.78, 5) is 7.83. The second-order valence-corrected chi connectivity index (χ2v) is 6.81. The number of nitrogens with zero attached hydrogens (tertiary/aromatic N) is 2.